The highest BCUT2D eigenvalue weighted by atomic mass is 32.1. The highest BCUT2D eigenvalue weighted by Crippen LogP contribution is 2.32. The van der Waals surface area contributed by atoms with Gasteiger partial charge in [0.25, 0.3) is 5.91 Å². The van der Waals surface area contributed by atoms with Gasteiger partial charge in [-0.15, -0.1) is 11.3 Å². The Hall–Kier alpha value is -1.41. The van der Waals surface area contributed by atoms with Crippen LogP contribution in [0.15, 0.2) is 22.3 Å². The highest BCUT2D eigenvalue weighted by Gasteiger charge is 2.38. The normalized spacial score (nSPS) is 11.5. The Labute approximate surface area is 115 Å². The molecule has 2 aromatic heterocycles. The average Bonchev–Trinajstić information content (AvgIpc) is 2.98. The van der Waals surface area contributed by atoms with Crippen LogP contribution in [-0.2, 0) is 12.6 Å². The molecule has 0 radical (unpaired) electrons. The molecule has 0 aromatic carbocycles. The van der Waals surface area contributed by atoms with Crippen molar-refractivity contribution in [2.24, 2.45) is 0 Å². The number of hydrogen-bond acceptors (Lipinski definition) is 4. The van der Waals surface area contributed by atoms with E-state index < -0.39 is 22.7 Å². The molecule has 0 aliphatic heterocycles. The molecule has 2 aromatic rings. The molecule has 0 unspecified atom stereocenters. The highest BCUT2D eigenvalue weighted by molar-refractivity contribution is 7.11. The number of aromatic nitrogens is 1. The molecule has 2 heterocycles. The minimum absolute atomic E-state index is 0.296. The van der Waals surface area contributed by atoms with Crippen LogP contribution in [0.2, 0.25) is 0 Å². The number of thiophene rings is 1. The maximum atomic E-state index is 12.6. The number of alkyl halides is 3. The summed E-state index contributed by atoms with van der Waals surface area (Å²) in [4.78, 5) is 14.5. The van der Waals surface area contributed by atoms with Crippen molar-refractivity contribution in [3.05, 3.63) is 38.5 Å². The van der Waals surface area contributed by atoms with Crippen LogP contribution < -0.4 is 5.32 Å². The van der Waals surface area contributed by atoms with Gasteiger partial charge in [-0.2, -0.15) is 24.5 Å². The molecule has 0 bridgehead atoms. The fourth-order valence-electron chi connectivity index (χ4n) is 1.44. The van der Waals surface area contributed by atoms with Gasteiger partial charge in [0.05, 0.1) is 5.51 Å². The van der Waals surface area contributed by atoms with Crippen LogP contribution >= 0.6 is 22.7 Å². The number of nitrogens with one attached hydrogen (secondary N) is 1. The molecular weight excluding hydrogens is 297 g/mol. The van der Waals surface area contributed by atoms with Gasteiger partial charge in [-0.05, 0) is 28.8 Å². The van der Waals surface area contributed by atoms with Crippen LogP contribution in [0.4, 0.5) is 13.2 Å². The second kappa shape index (κ2) is 5.70. The summed E-state index contributed by atoms with van der Waals surface area (Å²) < 4.78 is 37.7. The van der Waals surface area contributed by atoms with Crippen molar-refractivity contribution in [3.8, 4) is 0 Å². The quantitative estimate of drug-likeness (QED) is 0.942. The minimum Gasteiger partial charge on any atom is -0.351 e. The van der Waals surface area contributed by atoms with E-state index >= 15 is 0 Å². The summed E-state index contributed by atoms with van der Waals surface area (Å²) in [6, 6.07) is 1.91. The van der Waals surface area contributed by atoms with E-state index in [2.05, 4.69) is 10.3 Å². The lowest BCUT2D eigenvalue weighted by molar-refractivity contribution is -0.141. The van der Waals surface area contributed by atoms with Gasteiger partial charge in [-0.25, -0.2) is 4.98 Å². The zero-order chi connectivity index (χ0) is 13.9. The Morgan fingerprint density at radius 3 is 2.84 bits per heavy atom. The maximum absolute atomic E-state index is 12.6. The van der Waals surface area contributed by atoms with Crippen molar-refractivity contribution in [2.45, 2.75) is 12.6 Å². The van der Waals surface area contributed by atoms with Crippen LogP contribution in [0.5, 0.6) is 0 Å². The molecule has 0 fully saturated rings. The first-order valence-electron chi connectivity index (χ1n) is 5.28. The van der Waals surface area contributed by atoms with Crippen LogP contribution in [0.3, 0.4) is 0 Å². The monoisotopic (exact) mass is 306 g/mol. The van der Waals surface area contributed by atoms with Crippen LogP contribution in [0.1, 0.15) is 20.9 Å². The number of halogens is 3. The number of nitrogens with zero attached hydrogens (tertiary/aromatic N) is 1. The molecule has 1 amide bonds. The van der Waals surface area contributed by atoms with Gasteiger partial charge < -0.3 is 5.32 Å². The van der Waals surface area contributed by atoms with Crippen molar-refractivity contribution in [2.75, 3.05) is 6.54 Å². The standard InChI is InChI=1S/C11H9F3N2OS2/c12-11(13,14)9-8(19-6-16-9)10(17)15-3-1-7-2-4-18-5-7/h2,4-6H,1,3H2,(H,15,17). The SMILES string of the molecule is O=C(NCCc1ccsc1)c1scnc1C(F)(F)F. The van der Waals surface area contributed by atoms with E-state index in [4.69, 9.17) is 0 Å². The van der Waals surface area contributed by atoms with E-state index in [1.165, 1.54) is 11.3 Å². The molecule has 2 rings (SSSR count). The first kappa shape index (κ1) is 14.0. The molecule has 8 heteroatoms. The molecule has 0 aliphatic carbocycles. The lowest BCUT2D eigenvalue weighted by Gasteiger charge is -2.07. The molecule has 3 nitrogen and oxygen atoms in total. The van der Waals surface area contributed by atoms with E-state index in [9.17, 15) is 18.0 Å². The average molecular weight is 306 g/mol. The molecular formula is C11H9F3N2OS2. The van der Waals surface area contributed by atoms with E-state index in [1.807, 2.05) is 16.8 Å². The molecule has 0 aliphatic rings. The van der Waals surface area contributed by atoms with Crippen molar-refractivity contribution in [1.82, 2.24) is 10.3 Å². The number of thiazole rings is 1. The predicted molar refractivity (Wildman–Crippen MR) is 67.5 cm³/mol. The predicted octanol–water partition coefficient (Wildman–Crippen LogP) is 3.20. The van der Waals surface area contributed by atoms with Gasteiger partial charge in [-0.3, -0.25) is 4.79 Å². The number of rotatable bonds is 4. The number of carbonyl (C=O) groups is 1. The van der Waals surface area contributed by atoms with Crippen molar-refractivity contribution in [3.63, 3.8) is 0 Å². The summed E-state index contributed by atoms with van der Waals surface area (Å²) >= 11 is 2.22. The number of amides is 1. The summed E-state index contributed by atoms with van der Waals surface area (Å²) in [7, 11) is 0. The Balaban J connectivity index is 1.95. The Kier molecular flexibility index (Phi) is 4.20. The molecule has 0 spiro atoms. The van der Waals surface area contributed by atoms with Gasteiger partial charge in [-0.1, -0.05) is 0 Å². The summed E-state index contributed by atoms with van der Waals surface area (Å²) in [5.41, 5.74) is 0.951. The smallest absolute Gasteiger partial charge is 0.351 e. The Morgan fingerprint density at radius 1 is 1.42 bits per heavy atom. The van der Waals surface area contributed by atoms with Gasteiger partial charge in [0.2, 0.25) is 0 Å². The Bertz CT molecular complexity index is 549. The van der Waals surface area contributed by atoms with Crippen molar-refractivity contribution >= 4 is 28.6 Å². The van der Waals surface area contributed by atoms with Crippen molar-refractivity contribution in [1.29, 1.82) is 0 Å². The lowest BCUT2D eigenvalue weighted by atomic mass is 10.2. The third kappa shape index (κ3) is 3.54. The summed E-state index contributed by atoms with van der Waals surface area (Å²) in [5.74, 6) is -0.731. The van der Waals surface area contributed by atoms with Crippen LogP contribution in [0.25, 0.3) is 0 Å². The maximum Gasteiger partial charge on any atom is 0.434 e. The molecule has 0 atom stereocenters. The lowest BCUT2D eigenvalue weighted by Crippen LogP contribution is -2.27. The van der Waals surface area contributed by atoms with E-state index in [1.54, 1.807) is 0 Å². The molecule has 1 N–H and O–H groups in total. The minimum atomic E-state index is -4.60. The van der Waals surface area contributed by atoms with Crippen LogP contribution in [0, 0.1) is 0 Å². The van der Waals surface area contributed by atoms with Gasteiger partial charge in [0, 0.05) is 6.54 Å². The molecule has 102 valence electrons. The molecule has 0 saturated carbocycles. The Morgan fingerprint density at radius 2 is 2.21 bits per heavy atom. The van der Waals surface area contributed by atoms with E-state index in [0.717, 1.165) is 11.1 Å². The van der Waals surface area contributed by atoms with E-state index in [0.29, 0.717) is 24.3 Å². The fraction of sp³-hybridized carbons (Fsp3) is 0.273. The van der Waals surface area contributed by atoms with E-state index in [-0.39, 0.29) is 0 Å². The number of hydrogen-bond donors (Lipinski definition) is 1. The first-order chi connectivity index (χ1) is 8.98. The topological polar surface area (TPSA) is 42.0 Å². The van der Waals surface area contributed by atoms with Gasteiger partial charge >= 0.3 is 6.18 Å². The molecule has 19 heavy (non-hydrogen) atoms. The second-order valence-electron chi connectivity index (χ2n) is 3.67. The van der Waals surface area contributed by atoms with Crippen molar-refractivity contribution < 1.29 is 18.0 Å². The second-order valence-corrected chi connectivity index (χ2v) is 5.30. The fourth-order valence-corrected chi connectivity index (χ4v) is 2.87. The third-order valence-electron chi connectivity index (χ3n) is 2.32. The van der Waals surface area contributed by atoms with Gasteiger partial charge in [0.15, 0.2) is 5.69 Å². The summed E-state index contributed by atoms with van der Waals surface area (Å²) in [5, 5.41) is 6.31. The summed E-state index contributed by atoms with van der Waals surface area (Å²) in [6.45, 7) is 0.296. The molecule has 0 saturated heterocycles. The zero-order valence-electron chi connectivity index (χ0n) is 9.53. The van der Waals surface area contributed by atoms with Crippen LogP contribution in [-0.4, -0.2) is 17.4 Å². The van der Waals surface area contributed by atoms with Gasteiger partial charge in [0.1, 0.15) is 4.88 Å². The summed E-state index contributed by atoms with van der Waals surface area (Å²) in [6.07, 6.45) is -4.00. The first-order valence-corrected chi connectivity index (χ1v) is 7.10. The zero-order valence-corrected chi connectivity index (χ0v) is 11.2. The largest absolute Gasteiger partial charge is 0.434 e. The third-order valence-corrected chi connectivity index (χ3v) is 3.88. The number of carbonyl (C=O) groups excluding carboxylic acids is 1.